The molecule has 9 heteroatoms. The van der Waals surface area contributed by atoms with E-state index in [0.29, 0.717) is 45.0 Å². The summed E-state index contributed by atoms with van der Waals surface area (Å²) in [5.74, 6) is -0.766. The van der Waals surface area contributed by atoms with Crippen molar-refractivity contribution in [1.82, 2.24) is 10.3 Å². The first-order chi connectivity index (χ1) is 16.5. The van der Waals surface area contributed by atoms with Crippen LogP contribution < -0.4 is 14.2 Å². The number of aromatic nitrogens is 2. The minimum absolute atomic E-state index is 0.149. The van der Waals surface area contributed by atoms with Gasteiger partial charge in [0.25, 0.3) is 5.79 Å². The van der Waals surface area contributed by atoms with Crippen molar-refractivity contribution in [2.24, 2.45) is 0 Å². The molecule has 0 amide bonds. The van der Waals surface area contributed by atoms with Crippen molar-refractivity contribution < 1.29 is 33.5 Å². The van der Waals surface area contributed by atoms with E-state index in [4.69, 9.17) is 23.6 Å². The highest BCUT2D eigenvalue weighted by Crippen LogP contribution is 2.46. The van der Waals surface area contributed by atoms with Crippen molar-refractivity contribution >= 4 is 22.6 Å². The molecule has 170 valence electrons. The zero-order chi connectivity index (χ0) is 23.3. The average Bonchev–Trinajstić information content (AvgIpc) is 3.57. The standard InChI is InChI=1S/C25H18N2O7/c1-30-17-6-4-16(5-7-17)25(29)18(10-14-2-9-21-22(11-14)32-13-31-21)23(24(28)33-25)15-3-8-19-20(12-15)27-34-26-19/h2-9,11-12,29H,10,13H2,1H3. The van der Waals surface area contributed by atoms with Crippen molar-refractivity contribution in [2.45, 2.75) is 12.2 Å². The number of aliphatic hydroxyl groups is 1. The predicted octanol–water partition coefficient (Wildman–Crippen LogP) is 3.36. The summed E-state index contributed by atoms with van der Waals surface area (Å²) in [4.78, 5) is 13.2. The molecular weight excluding hydrogens is 440 g/mol. The number of hydrogen-bond acceptors (Lipinski definition) is 9. The van der Waals surface area contributed by atoms with Gasteiger partial charge in [-0.25, -0.2) is 9.42 Å². The highest BCUT2D eigenvalue weighted by molar-refractivity contribution is 6.20. The van der Waals surface area contributed by atoms with E-state index in [1.165, 1.54) is 0 Å². The number of rotatable bonds is 5. The maximum atomic E-state index is 13.2. The van der Waals surface area contributed by atoms with Crippen LogP contribution in [0.3, 0.4) is 0 Å². The van der Waals surface area contributed by atoms with Gasteiger partial charge in [-0.1, -0.05) is 12.1 Å². The van der Waals surface area contributed by atoms with Gasteiger partial charge in [0.1, 0.15) is 16.8 Å². The maximum absolute atomic E-state index is 13.2. The van der Waals surface area contributed by atoms with Gasteiger partial charge in [-0.05, 0) is 70.0 Å². The Balaban J connectivity index is 1.51. The Bertz CT molecular complexity index is 1460. The Kier molecular flexibility index (Phi) is 4.53. The van der Waals surface area contributed by atoms with Crippen molar-refractivity contribution in [3.05, 3.63) is 82.9 Å². The molecule has 3 heterocycles. The Labute approximate surface area is 193 Å². The molecule has 1 N–H and O–H groups in total. The van der Waals surface area contributed by atoms with Gasteiger partial charge in [0, 0.05) is 17.6 Å². The highest BCUT2D eigenvalue weighted by Gasteiger charge is 2.48. The summed E-state index contributed by atoms with van der Waals surface area (Å²) in [6.45, 7) is 0.149. The molecule has 0 aliphatic carbocycles. The Hall–Kier alpha value is -4.37. The molecule has 4 aromatic rings. The maximum Gasteiger partial charge on any atom is 0.342 e. The van der Waals surface area contributed by atoms with Gasteiger partial charge in [-0.15, -0.1) is 0 Å². The van der Waals surface area contributed by atoms with Gasteiger partial charge in [-0.3, -0.25) is 0 Å². The summed E-state index contributed by atoms with van der Waals surface area (Å²) in [7, 11) is 1.55. The monoisotopic (exact) mass is 458 g/mol. The van der Waals surface area contributed by atoms with Crippen molar-refractivity contribution in [3.63, 3.8) is 0 Å². The number of esters is 1. The van der Waals surface area contributed by atoms with Crippen LogP contribution in [0.4, 0.5) is 0 Å². The van der Waals surface area contributed by atoms with E-state index in [9.17, 15) is 9.90 Å². The SMILES string of the molecule is COc1ccc(C2(O)OC(=O)C(c3ccc4nonc4c3)=C2Cc2ccc3c(c2)OCO3)cc1. The third-order valence-electron chi connectivity index (χ3n) is 6.00. The minimum atomic E-state index is -1.98. The topological polar surface area (TPSA) is 113 Å². The third-order valence-corrected chi connectivity index (χ3v) is 6.00. The minimum Gasteiger partial charge on any atom is -0.497 e. The molecule has 0 radical (unpaired) electrons. The largest absolute Gasteiger partial charge is 0.497 e. The van der Waals surface area contributed by atoms with Crippen LogP contribution in [-0.2, 0) is 21.7 Å². The van der Waals surface area contributed by atoms with Gasteiger partial charge in [-0.2, -0.15) is 0 Å². The van der Waals surface area contributed by atoms with Crippen LogP contribution in [0.2, 0.25) is 0 Å². The van der Waals surface area contributed by atoms with Crippen molar-refractivity contribution in [1.29, 1.82) is 0 Å². The molecule has 0 spiro atoms. The summed E-state index contributed by atoms with van der Waals surface area (Å²) in [5.41, 5.74) is 3.42. The molecule has 9 nitrogen and oxygen atoms in total. The Morgan fingerprint density at radius 3 is 2.59 bits per heavy atom. The average molecular weight is 458 g/mol. The molecule has 0 fully saturated rings. The summed E-state index contributed by atoms with van der Waals surface area (Å²) in [5, 5.41) is 19.5. The van der Waals surface area contributed by atoms with Crippen LogP contribution in [0.25, 0.3) is 16.6 Å². The first kappa shape index (κ1) is 20.3. The molecule has 0 bridgehead atoms. The first-order valence-electron chi connectivity index (χ1n) is 10.5. The third kappa shape index (κ3) is 3.17. The molecular formula is C25H18N2O7. The number of hydrogen-bond donors (Lipinski definition) is 1. The summed E-state index contributed by atoms with van der Waals surface area (Å²) in [6.07, 6.45) is 0.218. The molecule has 1 atom stereocenters. The number of fused-ring (bicyclic) bond motifs is 2. The van der Waals surface area contributed by atoms with Gasteiger partial charge in [0.05, 0.1) is 12.7 Å². The van der Waals surface area contributed by atoms with Crippen LogP contribution in [-0.4, -0.2) is 35.3 Å². The van der Waals surface area contributed by atoms with E-state index in [-0.39, 0.29) is 18.8 Å². The first-order valence-corrected chi connectivity index (χ1v) is 10.5. The van der Waals surface area contributed by atoms with E-state index < -0.39 is 11.8 Å². The predicted molar refractivity (Wildman–Crippen MR) is 118 cm³/mol. The number of carbonyl (C=O) groups is 1. The fourth-order valence-electron chi connectivity index (χ4n) is 4.28. The van der Waals surface area contributed by atoms with Crippen molar-refractivity contribution in [2.75, 3.05) is 13.9 Å². The van der Waals surface area contributed by atoms with Crippen LogP contribution in [0.15, 0.2) is 70.9 Å². The van der Waals surface area contributed by atoms with Gasteiger partial charge in [0.15, 0.2) is 11.5 Å². The van der Waals surface area contributed by atoms with Crippen LogP contribution in [0.1, 0.15) is 16.7 Å². The van der Waals surface area contributed by atoms with Gasteiger partial charge < -0.3 is 24.1 Å². The summed E-state index contributed by atoms with van der Waals surface area (Å²) >= 11 is 0. The molecule has 2 aliphatic rings. The molecule has 34 heavy (non-hydrogen) atoms. The van der Waals surface area contributed by atoms with Gasteiger partial charge >= 0.3 is 5.97 Å². The molecule has 3 aromatic carbocycles. The number of methoxy groups -OCH3 is 1. The van der Waals surface area contributed by atoms with E-state index in [1.54, 1.807) is 55.6 Å². The quantitative estimate of drug-likeness (QED) is 0.450. The zero-order valence-electron chi connectivity index (χ0n) is 18.0. The lowest BCUT2D eigenvalue weighted by atomic mass is 9.88. The second-order valence-corrected chi connectivity index (χ2v) is 7.95. The second kappa shape index (κ2) is 7.60. The lowest BCUT2D eigenvalue weighted by molar-refractivity contribution is -0.185. The molecule has 1 unspecified atom stereocenters. The number of nitrogens with zero attached hydrogens (tertiary/aromatic N) is 2. The zero-order valence-corrected chi connectivity index (χ0v) is 18.0. The van der Waals surface area contributed by atoms with E-state index in [1.807, 2.05) is 12.1 Å². The van der Waals surface area contributed by atoms with E-state index in [0.717, 1.165) is 5.56 Å². The normalized spacial score (nSPS) is 19.1. The number of cyclic esters (lactones) is 1. The fraction of sp³-hybridized carbons (Fsp3) is 0.160. The Morgan fingerprint density at radius 1 is 0.971 bits per heavy atom. The van der Waals surface area contributed by atoms with E-state index >= 15 is 0 Å². The van der Waals surface area contributed by atoms with Crippen LogP contribution in [0, 0.1) is 0 Å². The number of benzene rings is 3. The lowest BCUT2D eigenvalue weighted by Gasteiger charge is -2.26. The number of ether oxygens (including phenoxy) is 4. The summed E-state index contributed by atoms with van der Waals surface area (Å²) in [6, 6.07) is 17.3. The van der Waals surface area contributed by atoms with Crippen molar-refractivity contribution in [3.8, 4) is 17.2 Å². The molecule has 2 aliphatic heterocycles. The molecule has 0 saturated carbocycles. The lowest BCUT2D eigenvalue weighted by Crippen LogP contribution is -2.29. The molecule has 6 rings (SSSR count). The number of carbonyl (C=O) groups excluding carboxylic acids is 1. The molecule has 0 saturated heterocycles. The molecule has 1 aromatic heterocycles. The van der Waals surface area contributed by atoms with E-state index in [2.05, 4.69) is 10.3 Å². The smallest absolute Gasteiger partial charge is 0.342 e. The van der Waals surface area contributed by atoms with Crippen LogP contribution >= 0.6 is 0 Å². The second-order valence-electron chi connectivity index (χ2n) is 7.95. The summed E-state index contributed by atoms with van der Waals surface area (Å²) < 4.78 is 26.5. The van der Waals surface area contributed by atoms with Crippen LogP contribution in [0.5, 0.6) is 17.2 Å². The van der Waals surface area contributed by atoms with Gasteiger partial charge in [0.2, 0.25) is 6.79 Å². The highest BCUT2D eigenvalue weighted by atomic mass is 16.7. The Morgan fingerprint density at radius 2 is 1.76 bits per heavy atom. The fourth-order valence-corrected chi connectivity index (χ4v) is 4.28.